The van der Waals surface area contributed by atoms with Crippen LogP contribution in [0.25, 0.3) is 16.9 Å². The number of carbonyl (C=O) groups is 1. The van der Waals surface area contributed by atoms with Gasteiger partial charge in [-0.15, -0.1) is 0 Å². The number of aryl methyl sites for hydroxylation is 1. The molecule has 1 aliphatic rings. The Hall–Kier alpha value is -3.80. The zero-order chi connectivity index (χ0) is 23.5. The van der Waals surface area contributed by atoms with Gasteiger partial charge in [0.15, 0.2) is 0 Å². The van der Waals surface area contributed by atoms with Gasteiger partial charge < -0.3 is 14.8 Å². The molecule has 0 saturated heterocycles. The molecule has 1 N–H and O–H groups in total. The predicted molar refractivity (Wildman–Crippen MR) is 134 cm³/mol. The van der Waals surface area contributed by atoms with Crippen molar-refractivity contribution >= 4 is 17.4 Å². The fraction of sp³-hybridized carbons (Fsp3) is 0.286. The van der Waals surface area contributed by atoms with Gasteiger partial charge in [-0.05, 0) is 73.9 Å². The van der Waals surface area contributed by atoms with Crippen molar-refractivity contribution in [1.29, 1.82) is 0 Å². The second kappa shape index (κ2) is 9.59. The van der Waals surface area contributed by atoms with E-state index in [0.717, 1.165) is 41.1 Å². The van der Waals surface area contributed by atoms with E-state index in [-0.39, 0.29) is 0 Å². The molecule has 174 valence electrons. The first-order chi connectivity index (χ1) is 16.6. The van der Waals surface area contributed by atoms with E-state index in [1.165, 1.54) is 19.3 Å². The van der Waals surface area contributed by atoms with Crippen molar-refractivity contribution < 1.29 is 14.3 Å². The maximum Gasteiger partial charge on any atom is 0.343 e. The molecule has 0 radical (unpaired) electrons. The summed E-state index contributed by atoms with van der Waals surface area (Å²) >= 11 is 0. The molecule has 5 rings (SSSR count). The molecule has 2 aromatic heterocycles. The first kappa shape index (κ1) is 22.0. The SMILES string of the molecule is COc1ccc(C(=O)Oc2cccc(-c3nc4cc(C)ccn4c3NC3CCCCC3)c2)cc1. The van der Waals surface area contributed by atoms with Crippen LogP contribution in [-0.2, 0) is 0 Å². The summed E-state index contributed by atoms with van der Waals surface area (Å²) in [6.07, 6.45) is 8.20. The predicted octanol–water partition coefficient (Wildman–Crippen LogP) is 6.28. The number of hydrogen-bond donors (Lipinski definition) is 1. The van der Waals surface area contributed by atoms with Crippen molar-refractivity contribution in [2.75, 3.05) is 12.4 Å². The summed E-state index contributed by atoms with van der Waals surface area (Å²) in [5, 5.41) is 3.77. The van der Waals surface area contributed by atoms with E-state index in [1.54, 1.807) is 37.4 Å². The lowest BCUT2D eigenvalue weighted by Gasteiger charge is -2.24. The monoisotopic (exact) mass is 455 g/mol. The van der Waals surface area contributed by atoms with Crippen molar-refractivity contribution in [3.63, 3.8) is 0 Å². The molecule has 2 aromatic carbocycles. The van der Waals surface area contributed by atoms with Crippen LogP contribution in [0.2, 0.25) is 0 Å². The molecule has 0 bridgehead atoms. The first-order valence-corrected chi connectivity index (χ1v) is 11.8. The topological polar surface area (TPSA) is 64.9 Å². The number of carbonyl (C=O) groups excluding carboxylic acids is 1. The zero-order valence-electron chi connectivity index (χ0n) is 19.6. The number of anilines is 1. The second-order valence-corrected chi connectivity index (χ2v) is 8.87. The number of benzene rings is 2. The number of esters is 1. The van der Waals surface area contributed by atoms with Gasteiger partial charge in [0, 0.05) is 17.8 Å². The summed E-state index contributed by atoms with van der Waals surface area (Å²) < 4.78 is 13.0. The highest BCUT2D eigenvalue weighted by atomic mass is 16.5. The van der Waals surface area contributed by atoms with Crippen LogP contribution in [0.4, 0.5) is 5.82 Å². The number of pyridine rings is 1. The minimum Gasteiger partial charge on any atom is -0.497 e. The average molecular weight is 456 g/mol. The van der Waals surface area contributed by atoms with Crippen LogP contribution in [0.1, 0.15) is 48.0 Å². The van der Waals surface area contributed by atoms with Crippen molar-refractivity contribution in [3.8, 4) is 22.8 Å². The summed E-state index contributed by atoms with van der Waals surface area (Å²) in [5.41, 5.74) is 4.29. The molecular formula is C28H29N3O3. The number of methoxy groups -OCH3 is 1. The Bertz CT molecular complexity index is 1300. The largest absolute Gasteiger partial charge is 0.497 e. The van der Waals surface area contributed by atoms with Crippen molar-refractivity contribution in [1.82, 2.24) is 9.38 Å². The lowest BCUT2D eigenvalue weighted by atomic mass is 9.95. The molecule has 2 heterocycles. The van der Waals surface area contributed by atoms with Gasteiger partial charge in [-0.3, -0.25) is 4.40 Å². The van der Waals surface area contributed by atoms with E-state index in [2.05, 4.69) is 35.0 Å². The molecule has 34 heavy (non-hydrogen) atoms. The second-order valence-electron chi connectivity index (χ2n) is 8.87. The van der Waals surface area contributed by atoms with Crippen LogP contribution in [0, 0.1) is 6.92 Å². The van der Waals surface area contributed by atoms with Gasteiger partial charge in [-0.1, -0.05) is 31.4 Å². The molecule has 0 spiro atoms. The Kier molecular flexibility index (Phi) is 6.21. The summed E-state index contributed by atoms with van der Waals surface area (Å²) in [6, 6.07) is 19.1. The van der Waals surface area contributed by atoms with Crippen molar-refractivity contribution in [2.24, 2.45) is 0 Å². The van der Waals surface area contributed by atoms with Crippen LogP contribution in [-0.4, -0.2) is 28.5 Å². The van der Waals surface area contributed by atoms with Crippen molar-refractivity contribution in [2.45, 2.75) is 45.1 Å². The molecule has 1 aliphatic carbocycles. The third kappa shape index (κ3) is 4.62. The van der Waals surface area contributed by atoms with E-state index in [9.17, 15) is 4.79 Å². The number of ether oxygens (including phenoxy) is 2. The molecule has 0 atom stereocenters. The van der Waals surface area contributed by atoms with E-state index in [4.69, 9.17) is 14.5 Å². The van der Waals surface area contributed by atoms with Crippen LogP contribution < -0.4 is 14.8 Å². The number of hydrogen-bond acceptors (Lipinski definition) is 5. The smallest absolute Gasteiger partial charge is 0.343 e. The van der Waals surface area contributed by atoms with Crippen LogP contribution in [0.15, 0.2) is 66.9 Å². The Balaban J connectivity index is 1.46. The molecule has 1 fully saturated rings. The Morgan fingerprint density at radius 2 is 1.79 bits per heavy atom. The van der Waals surface area contributed by atoms with E-state index in [0.29, 0.717) is 23.1 Å². The van der Waals surface area contributed by atoms with Crippen LogP contribution in [0.5, 0.6) is 11.5 Å². The summed E-state index contributed by atoms with van der Waals surface area (Å²) in [4.78, 5) is 17.6. The van der Waals surface area contributed by atoms with Gasteiger partial charge in [0.05, 0.1) is 12.7 Å². The standard InChI is InChI=1S/C28H29N3O3/c1-19-15-16-31-25(17-19)30-26(27(31)29-22-8-4-3-5-9-22)21-7-6-10-24(18-21)34-28(32)20-11-13-23(33-2)14-12-20/h6-7,10-18,22,29H,3-5,8-9H2,1-2H3. The quantitative estimate of drug-likeness (QED) is 0.274. The fourth-order valence-electron chi connectivity index (χ4n) is 4.53. The molecule has 6 nitrogen and oxygen atoms in total. The number of fused-ring (bicyclic) bond motifs is 1. The summed E-state index contributed by atoms with van der Waals surface area (Å²) in [5.74, 6) is 1.75. The van der Waals surface area contributed by atoms with Crippen LogP contribution in [0.3, 0.4) is 0 Å². The molecule has 1 saturated carbocycles. The average Bonchev–Trinajstić information content (AvgIpc) is 3.22. The third-order valence-corrected chi connectivity index (χ3v) is 6.37. The van der Waals surface area contributed by atoms with Gasteiger partial charge in [-0.25, -0.2) is 9.78 Å². The van der Waals surface area contributed by atoms with Gasteiger partial charge in [-0.2, -0.15) is 0 Å². The molecule has 0 aliphatic heterocycles. The van der Waals surface area contributed by atoms with Gasteiger partial charge in [0.2, 0.25) is 0 Å². The lowest BCUT2D eigenvalue weighted by molar-refractivity contribution is 0.0735. The fourth-order valence-corrected chi connectivity index (χ4v) is 4.53. The maximum absolute atomic E-state index is 12.7. The Morgan fingerprint density at radius 3 is 2.56 bits per heavy atom. The number of nitrogens with one attached hydrogen (secondary N) is 1. The highest BCUT2D eigenvalue weighted by Crippen LogP contribution is 2.33. The van der Waals surface area contributed by atoms with E-state index < -0.39 is 5.97 Å². The van der Waals surface area contributed by atoms with Crippen molar-refractivity contribution in [3.05, 3.63) is 78.0 Å². The maximum atomic E-state index is 12.7. The molecule has 4 aromatic rings. The number of aromatic nitrogens is 2. The molecular weight excluding hydrogens is 426 g/mol. The number of rotatable bonds is 6. The van der Waals surface area contributed by atoms with Gasteiger partial charge in [0.1, 0.15) is 28.7 Å². The van der Waals surface area contributed by atoms with E-state index in [1.807, 2.05) is 18.2 Å². The minimum atomic E-state index is -0.411. The summed E-state index contributed by atoms with van der Waals surface area (Å²) in [6.45, 7) is 2.07. The normalized spacial score (nSPS) is 14.2. The van der Waals surface area contributed by atoms with Gasteiger partial charge in [0.25, 0.3) is 0 Å². The Morgan fingerprint density at radius 1 is 1.00 bits per heavy atom. The number of nitrogens with zero attached hydrogens (tertiary/aromatic N) is 2. The molecule has 0 unspecified atom stereocenters. The lowest BCUT2D eigenvalue weighted by Crippen LogP contribution is -2.23. The third-order valence-electron chi connectivity index (χ3n) is 6.37. The minimum absolute atomic E-state index is 0.411. The number of imidazole rings is 1. The van der Waals surface area contributed by atoms with Gasteiger partial charge >= 0.3 is 5.97 Å². The van der Waals surface area contributed by atoms with E-state index >= 15 is 0 Å². The molecule has 6 heteroatoms. The Labute approximate surface area is 199 Å². The highest BCUT2D eigenvalue weighted by molar-refractivity contribution is 5.91. The summed E-state index contributed by atoms with van der Waals surface area (Å²) in [7, 11) is 1.59. The highest BCUT2D eigenvalue weighted by Gasteiger charge is 2.20. The molecule has 0 amide bonds. The first-order valence-electron chi connectivity index (χ1n) is 11.8. The van der Waals surface area contributed by atoms with Crippen LogP contribution >= 0.6 is 0 Å². The zero-order valence-corrected chi connectivity index (χ0v) is 19.6.